The van der Waals surface area contributed by atoms with Crippen LogP contribution in [0.15, 0.2) is 66.9 Å². The topological polar surface area (TPSA) is 84.4 Å². The van der Waals surface area contributed by atoms with Gasteiger partial charge in [0.25, 0.3) is 0 Å². The Hall–Kier alpha value is -3.66. The van der Waals surface area contributed by atoms with Crippen LogP contribution in [0.25, 0.3) is 0 Å². The van der Waals surface area contributed by atoms with Crippen LogP contribution in [-0.4, -0.2) is 76.6 Å². The molecule has 4 heterocycles. The van der Waals surface area contributed by atoms with Crippen LogP contribution >= 0.6 is 11.6 Å². The Morgan fingerprint density at radius 3 is 2.40 bits per heavy atom. The van der Waals surface area contributed by atoms with Gasteiger partial charge in [-0.2, -0.15) is 0 Å². The summed E-state index contributed by atoms with van der Waals surface area (Å²) in [6.45, 7) is 6.08. The summed E-state index contributed by atoms with van der Waals surface area (Å²) in [4.78, 5) is 36.1. The molecule has 43 heavy (non-hydrogen) atoms. The van der Waals surface area contributed by atoms with E-state index in [0.717, 1.165) is 56.4 Å². The van der Waals surface area contributed by atoms with Crippen molar-refractivity contribution in [2.45, 2.75) is 57.3 Å². The third-order valence-electron chi connectivity index (χ3n) is 8.50. The minimum atomic E-state index is -0.362. The number of aromatic nitrogens is 1. The lowest BCUT2D eigenvalue weighted by molar-refractivity contribution is -0.131. The van der Waals surface area contributed by atoms with Gasteiger partial charge in [-0.25, -0.2) is 9.78 Å². The molecule has 2 aromatic carbocycles. The van der Waals surface area contributed by atoms with Gasteiger partial charge in [-0.15, -0.1) is 0 Å². The minimum Gasteiger partial charge on any atom is -0.439 e. The number of urea groups is 1. The molecule has 1 atom stereocenters. The Labute approximate surface area is 257 Å². The van der Waals surface area contributed by atoms with Gasteiger partial charge >= 0.3 is 12.0 Å². The van der Waals surface area contributed by atoms with Crippen LogP contribution in [0.1, 0.15) is 49.8 Å². The second-order valence-corrected chi connectivity index (χ2v) is 11.9. The molecule has 3 fully saturated rings. The van der Waals surface area contributed by atoms with Crippen molar-refractivity contribution in [3.05, 3.63) is 83.0 Å². The summed E-state index contributed by atoms with van der Waals surface area (Å²) < 4.78 is 16.5. The van der Waals surface area contributed by atoms with E-state index in [9.17, 15) is 9.59 Å². The van der Waals surface area contributed by atoms with Gasteiger partial charge in [0.2, 0.25) is 5.88 Å². The van der Waals surface area contributed by atoms with Crippen molar-refractivity contribution in [3.63, 3.8) is 0 Å². The van der Waals surface area contributed by atoms with E-state index in [0.29, 0.717) is 42.2 Å². The molecule has 3 aromatic rings. The number of hydrogen-bond acceptors (Lipinski definition) is 7. The van der Waals surface area contributed by atoms with Crippen LogP contribution in [0, 0.1) is 0 Å². The molecule has 0 N–H and O–H groups in total. The van der Waals surface area contributed by atoms with E-state index in [1.807, 2.05) is 36.5 Å². The smallest absolute Gasteiger partial charge is 0.321 e. The lowest BCUT2D eigenvalue weighted by Crippen LogP contribution is -2.48. The predicted molar refractivity (Wildman–Crippen MR) is 162 cm³/mol. The summed E-state index contributed by atoms with van der Waals surface area (Å²) in [5.41, 5.74) is 2.21. The monoisotopic (exact) mass is 604 g/mol. The number of rotatable bonds is 8. The first kappa shape index (κ1) is 29.4. The van der Waals surface area contributed by atoms with Crippen molar-refractivity contribution in [1.29, 1.82) is 0 Å². The fraction of sp³-hybridized carbons (Fsp3) is 0.424. The Morgan fingerprint density at radius 1 is 0.977 bits per heavy atom. The number of halogens is 1. The Morgan fingerprint density at radius 2 is 1.72 bits per heavy atom. The number of carbonyl (C=O) groups is 2. The lowest BCUT2D eigenvalue weighted by atomic mass is 9.98. The van der Waals surface area contributed by atoms with Gasteiger partial charge < -0.3 is 24.0 Å². The van der Waals surface area contributed by atoms with Gasteiger partial charge in [-0.3, -0.25) is 9.69 Å². The number of nitrogens with zero attached hydrogens (tertiary/aromatic N) is 4. The number of piperidine rings is 1. The molecule has 1 aromatic heterocycles. The van der Waals surface area contributed by atoms with E-state index < -0.39 is 0 Å². The van der Waals surface area contributed by atoms with Crippen molar-refractivity contribution in [3.8, 4) is 17.4 Å². The molecule has 0 spiro atoms. The van der Waals surface area contributed by atoms with E-state index >= 15 is 0 Å². The van der Waals surface area contributed by atoms with Crippen LogP contribution in [0.5, 0.6) is 17.4 Å². The van der Waals surface area contributed by atoms with Crippen molar-refractivity contribution in [1.82, 2.24) is 19.7 Å². The van der Waals surface area contributed by atoms with E-state index in [2.05, 4.69) is 25.8 Å². The number of likely N-dealkylation sites (tertiary alicyclic amines) is 1. The van der Waals surface area contributed by atoms with E-state index in [4.69, 9.17) is 25.8 Å². The molecule has 0 saturated carbocycles. The molecule has 3 saturated heterocycles. The zero-order chi connectivity index (χ0) is 29.8. The second kappa shape index (κ2) is 13.3. The maximum Gasteiger partial charge on any atom is 0.321 e. The molecule has 10 heteroatoms. The summed E-state index contributed by atoms with van der Waals surface area (Å²) in [7, 11) is 0. The second-order valence-electron chi connectivity index (χ2n) is 11.4. The zero-order valence-corrected chi connectivity index (χ0v) is 25.1. The van der Waals surface area contributed by atoms with Gasteiger partial charge in [-0.05, 0) is 73.2 Å². The maximum absolute atomic E-state index is 13.9. The minimum absolute atomic E-state index is 0.000190. The summed E-state index contributed by atoms with van der Waals surface area (Å²) in [6, 6.07) is 19.3. The van der Waals surface area contributed by atoms with Gasteiger partial charge in [0.05, 0.1) is 6.04 Å². The first-order chi connectivity index (χ1) is 20.9. The molecule has 6 rings (SSSR count). The molecule has 3 aliphatic heterocycles. The molecule has 3 aliphatic rings. The molecule has 1 unspecified atom stereocenters. The summed E-state index contributed by atoms with van der Waals surface area (Å²) in [5, 5.41) is 0.700. The molecule has 9 nitrogen and oxygen atoms in total. The number of carbonyl (C=O) groups excluding carboxylic acids is 2. The lowest BCUT2D eigenvalue weighted by Gasteiger charge is -2.39. The third kappa shape index (κ3) is 7.12. The van der Waals surface area contributed by atoms with E-state index in [-0.39, 0.29) is 30.1 Å². The molecular formula is C33H37ClN4O5. The normalized spacial score (nSPS) is 20.4. The van der Waals surface area contributed by atoms with Crippen LogP contribution in [-0.2, 0) is 16.1 Å². The molecule has 2 amide bonds. The average molecular weight is 605 g/mol. The highest BCUT2D eigenvalue weighted by atomic mass is 35.5. The van der Waals surface area contributed by atoms with Crippen molar-refractivity contribution >= 4 is 23.6 Å². The van der Waals surface area contributed by atoms with Gasteiger partial charge in [-0.1, -0.05) is 29.8 Å². The largest absolute Gasteiger partial charge is 0.439 e. The Bertz CT molecular complexity index is 1410. The predicted octanol–water partition coefficient (Wildman–Crippen LogP) is 6.07. The Balaban J connectivity index is 1.06. The first-order valence-corrected chi connectivity index (χ1v) is 15.4. The number of hydrogen-bond donors (Lipinski definition) is 0. The molecule has 226 valence electrons. The van der Waals surface area contributed by atoms with Gasteiger partial charge in [0.15, 0.2) is 0 Å². The Kier molecular flexibility index (Phi) is 9.11. The highest BCUT2D eigenvalue weighted by Gasteiger charge is 2.45. The van der Waals surface area contributed by atoms with E-state index in [1.54, 1.807) is 24.3 Å². The SMILES string of the molecule is CC(=O)Oc1ccc(Oc2ccc(CN3CCC(N4C(=O)N(C5CCOCC5)CC4c4cccc(Cl)c4)CC3)cn2)cc1. The summed E-state index contributed by atoms with van der Waals surface area (Å²) >= 11 is 6.38. The maximum atomic E-state index is 13.9. The van der Waals surface area contributed by atoms with Gasteiger partial charge in [0, 0.05) is 75.7 Å². The summed E-state index contributed by atoms with van der Waals surface area (Å²) in [5.74, 6) is 1.22. The molecule has 0 aliphatic carbocycles. The van der Waals surface area contributed by atoms with Crippen molar-refractivity contribution in [2.24, 2.45) is 0 Å². The molecular weight excluding hydrogens is 568 g/mol. The van der Waals surface area contributed by atoms with Gasteiger partial charge in [0.1, 0.15) is 11.5 Å². The molecule has 0 bridgehead atoms. The highest BCUT2D eigenvalue weighted by Crippen LogP contribution is 2.38. The van der Waals surface area contributed by atoms with Crippen molar-refractivity contribution < 1.29 is 23.8 Å². The number of ether oxygens (including phenoxy) is 3. The average Bonchev–Trinajstić information content (AvgIpc) is 3.36. The van der Waals surface area contributed by atoms with Crippen LogP contribution in [0.4, 0.5) is 4.79 Å². The number of amides is 2. The number of esters is 1. The fourth-order valence-corrected chi connectivity index (χ4v) is 6.57. The first-order valence-electron chi connectivity index (χ1n) is 15.0. The van der Waals surface area contributed by atoms with Crippen LogP contribution < -0.4 is 9.47 Å². The van der Waals surface area contributed by atoms with E-state index in [1.165, 1.54) is 6.92 Å². The summed E-state index contributed by atoms with van der Waals surface area (Å²) in [6.07, 6.45) is 5.46. The van der Waals surface area contributed by atoms with Crippen molar-refractivity contribution in [2.75, 3.05) is 32.8 Å². The number of pyridine rings is 1. The third-order valence-corrected chi connectivity index (χ3v) is 8.73. The fourth-order valence-electron chi connectivity index (χ4n) is 6.37. The molecule has 0 radical (unpaired) electrons. The standard InChI is InChI=1S/C33H37ClN4O5/c1-23(39)42-29-6-8-30(9-7-29)43-32-10-5-24(20-35-32)21-36-15-11-28(12-16-36)38-31(25-3-2-4-26(34)19-25)22-37(33(38)40)27-13-17-41-18-14-27/h2-10,19-20,27-28,31H,11-18,21-22H2,1H3. The quantitative estimate of drug-likeness (QED) is 0.228. The van der Waals surface area contributed by atoms with Crippen LogP contribution in [0.3, 0.4) is 0 Å². The highest BCUT2D eigenvalue weighted by molar-refractivity contribution is 6.30. The van der Waals surface area contributed by atoms with Crippen LogP contribution in [0.2, 0.25) is 5.02 Å². The zero-order valence-electron chi connectivity index (χ0n) is 24.4. The number of benzene rings is 2.